The van der Waals surface area contributed by atoms with Crippen LogP contribution in [-0.4, -0.2) is 21.9 Å². The number of halogens is 1. The van der Waals surface area contributed by atoms with Crippen molar-refractivity contribution < 1.29 is 4.79 Å². The summed E-state index contributed by atoms with van der Waals surface area (Å²) in [6.45, 7) is 2.03. The Morgan fingerprint density at radius 1 is 0.941 bits per heavy atom. The largest absolute Gasteiger partial charge is 0.291 e. The number of hydrazone groups is 1. The highest BCUT2D eigenvalue weighted by molar-refractivity contribution is 6.30. The molecule has 1 aromatic heterocycles. The predicted molar refractivity (Wildman–Crippen MR) is 138 cm³/mol. The Labute approximate surface area is 202 Å². The molecular weight excluding hydrogens is 444 g/mol. The van der Waals surface area contributed by atoms with Crippen LogP contribution in [0.25, 0.3) is 27.7 Å². The van der Waals surface area contributed by atoms with Crippen molar-refractivity contribution in [2.75, 3.05) is 0 Å². The van der Waals surface area contributed by atoms with Crippen molar-refractivity contribution in [2.24, 2.45) is 5.10 Å². The van der Waals surface area contributed by atoms with E-state index >= 15 is 0 Å². The molecule has 34 heavy (non-hydrogen) atoms. The second-order valence-corrected chi connectivity index (χ2v) is 8.33. The van der Waals surface area contributed by atoms with Gasteiger partial charge in [0.2, 0.25) is 0 Å². The van der Waals surface area contributed by atoms with Gasteiger partial charge in [0.15, 0.2) is 5.69 Å². The van der Waals surface area contributed by atoms with Crippen LogP contribution >= 0.6 is 11.6 Å². The van der Waals surface area contributed by atoms with Crippen LogP contribution < -0.4 is 5.43 Å². The number of hydrogen-bond donors (Lipinski definition) is 1. The van der Waals surface area contributed by atoms with Crippen LogP contribution in [-0.2, 0) is 0 Å². The number of benzene rings is 4. The van der Waals surface area contributed by atoms with E-state index in [0.29, 0.717) is 5.02 Å². The van der Waals surface area contributed by atoms with Gasteiger partial charge in [-0.15, -0.1) is 0 Å². The number of aromatic nitrogens is 2. The Morgan fingerprint density at radius 2 is 1.68 bits per heavy atom. The molecule has 0 radical (unpaired) electrons. The molecule has 0 aliphatic carbocycles. The maximum Gasteiger partial charge on any atom is 0.291 e. The average molecular weight is 465 g/mol. The molecule has 0 aliphatic rings. The number of carbonyl (C=O) groups excluding carboxylic acids is 1. The Balaban J connectivity index is 1.55. The molecule has 0 unspecified atom stereocenters. The minimum atomic E-state index is -0.390. The molecule has 4 aromatic carbocycles. The van der Waals surface area contributed by atoms with E-state index in [-0.39, 0.29) is 11.6 Å². The van der Waals surface area contributed by atoms with E-state index in [1.807, 2.05) is 66.2 Å². The number of para-hydroxylation sites is 1. The topological polar surface area (TPSA) is 59.3 Å². The maximum absolute atomic E-state index is 12.9. The van der Waals surface area contributed by atoms with Crippen molar-refractivity contribution in [3.05, 3.63) is 119 Å². The first-order valence-electron chi connectivity index (χ1n) is 10.8. The maximum atomic E-state index is 12.9. The molecule has 6 heteroatoms. The predicted octanol–water partition coefficient (Wildman–Crippen LogP) is 6.42. The van der Waals surface area contributed by atoms with Gasteiger partial charge in [-0.2, -0.15) is 10.2 Å². The van der Waals surface area contributed by atoms with Gasteiger partial charge >= 0.3 is 0 Å². The highest BCUT2D eigenvalue weighted by atomic mass is 35.5. The summed E-state index contributed by atoms with van der Waals surface area (Å²) in [4.78, 5) is 12.9. The SMILES string of the molecule is Cc1ccccc1-n1nc(C(=O)N/N=C\c2ccc(Cl)cc2)cc1-c1cccc2ccccc12. The summed E-state index contributed by atoms with van der Waals surface area (Å²) in [5.74, 6) is -0.390. The van der Waals surface area contributed by atoms with Gasteiger partial charge in [-0.3, -0.25) is 4.79 Å². The van der Waals surface area contributed by atoms with Gasteiger partial charge in [-0.25, -0.2) is 10.1 Å². The van der Waals surface area contributed by atoms with Crippen LogP contribution in [0.3, 0.4) is 0 Å². The number of rotatable bonds is 5. The van der Waals surface area contributed by atoms with Crippen LogP contribution in [0.4, 0.5) is 0 Å². The monoisotopic (exact) mass is 464 g/mol. The van der Waals surface area contributed by atoms with Gasteiger partial charge < -0.3 is 0 Å². The average Bonchev–Trinajstić information content (AvgIpc) is 3.30. The first-order valence-corrected chi connectivity index (χ1v) is 11.2. The minimum Gasteiger partial charge on any atom is -0.265 e. The van der Waals surface area contributed by atoms with Crippen molar-refractivity contribution in [3.8, 4) is 16.9 Å². The highest BCUT2D eigenvalue weighted by Gasteiger charge is 2.18. The number of hydrogen-bond acceptors (Lipinski definition) is 3. The molecule has 5 nitrogen and oxygen atoms in total. The van der Waals surface area contributed by atoms with Crippen molar-refractivity contribution in [1.82, 2.24) is 15.2 Å². The fourth-order valence-electron chi connectivity index (χ4n) is 3.89. The molecule has 0 aliphatic heterocycles. The lowest BCUT2D eigenvalue weighted by atomic mass is 10.0. The van der Waals surface area contributed by atoms with Crippen LogP contribution in [0.15, 0.2) is 102 Å². The number of nitrogens with one attached hydrogen (secondary N) is 1. The lowest BCUT2D eigenvalue weighted by Crippen LogP contribution is -2.18. The summed E-state index contributed by atoms with van der Waals surface area (Å²) in [6.07, 6.45) is 1.57. The Morgan fingerprint density at radius 3 is 2.50 bits per heavy atom. The first kappa shape index (κ1) is 21.6. The van der Waals surface area contributed by atoms with Gasteiger partial charge in [-0.05, 0) is 53.1 Å². The van der Waals surface area contributed by atoms with E-state index in [2.05, 4.69) is 39.9 Å². The molecular formula is C28H21ClN4O. The first-order chi connectivity index (χ1) is 16.6. The Hall–Kier alpha value is -4.22. The molecule has 0 atom stereocenters. The van der Waals surface area contributed by atoms with Crippen LogP contribution in [0.1, 0.15) is 21.6 Å². The van der Waals surface area contributed by atoms with E-state index in [9.17, 15) is 4.79 Å². The highest BCUT2D eigenvalue weighted by Crippen LogP contribution is 2.31. The third-order valence-corrected chi connectivity index (χ3v) is 5.85. The smallest absolute Gasteiger partial charge is 0.265 e. The Bertz CT molecular complexity index is 1510. The molecule has 0 fully saturated rings. The minimum absolute atomic E-state index is 0.277. The van der Waals surface area contributed by atoms with Gasteiger partial charge in [0, 0.05) is 10.6 Å². The number of nitrogens with zero attached hydrogens (tertiary/aromatic N) is 3. The zero-order valence-electron chi connectivity index (χ0n) is 18.4. The van der Waals surface area contributed by atoms with Crippen molar-refractivity contribution in [1.29, 1.82) is 0 Å². The molecule has 166 valence electrons. The molecule has 1 amide bonds. The molecule has 5 rings (SSSR count). The van der Waals surface area contributed by atoms with E-state index in [1.165, 1.54) is 0 Å². The molecule has 1 N–H and O–H groups in total. The third kappa shape index (κ3) is 4.34. The normalized spacial score (nSPS) is 11.2. The number of fused-ring (bicyclic) bond motifs is 1. The molecule has 0 saturated carbocycles. The van der Waals surface area contributed by atoms with E-state index in [0.717, 1.165) is 38.8 Å². The van der Waals surface area contributed by atoms with Crippen LogP contribution in [0.5, 0.6) is 0 Å². The molecule has 0 saturated heterocycles. The summed E-state index contributed by atoms with van der Waals surface area (Å²) in [6, 6.07) is 31.3. The fourth-order valence-corrected chi connectivity index (χ4v) is 4.01. The number of carbonyl (C=O) groups is 1. The summed E-state index contributed by atoms with van der Waals surface area (Å²) >= 11 is 5.92. The van der Waals surface area contributed by atoms with E-state index < -0.39 is 0 Å². The van der Waals surface area contributed by atoms with Crippen molar-refractivity contribution in [2.45, 2.75) is 6.92 Å². The van der Waals surface area contributed by atoms with Gasteiger partial charge in [0.25, 0.3) is 5.91 Å². The second-order valence-electron chi connectivity index (χ2n) is 7.89. The van der Waals surface area contributed by atoms with E-state index in [1.54, 1.807) is 24.4 Å². The van der Waals surface area contributed by atoms with Crippen molar-refractivity contribution >= 4 is 34.5 Å². The molecule has 0 spiro atoms. The van der Waals surface area contributed by atoms with Crippen molar-refractivity contribution in [3.63, 3.8) is 0 Å². The quantitative estimate of drug-likeness (QED) is 0.241. The standard InChI is InChI=1S/C28H21ClN4O/c1-19-7-2-5-12-26(19)33-27(24-11-6-9-21-8-3-4-10-23(21)24)17-25(32-33)28(34)31-30-18-20-13-15-22(29)16-14-20/h2-18H,1H3,(H,31,34)/b30-18-. The summed E-state index contributed by atoms with van der Waals surface area (Å²) in [5, 5.41) is 11.6. The molecule has 5 aromatic rings. The summed E-state index contributed by atoms with van der Waals surface area (Å²) in [7, 11) is 0. The zero-order chi connectivity index (χ0) is 23.5. The third-order valence-electron chi connectivity index (χ3n) is 5.60. The molecule has 1 heterocycles. The molecule has 0 bridgehead atoms. The van der Waals surface area contributed by atoms with Crippen LogP contribution in [0, 0.1) is 6.92 Å². The lowest BCUT2D eigenvalue weighted by Gasteiger charge is -2.12. The summed E-state index contributed by atoms with van der Waals surface area (Å²) in [5.41, 5.74) is 7.48. The Kier molecular flexibility index (Phi) is 5.93. The van der Waals surface area contributed by atoms with Gasteiger partial charge in [-0.1, -0.05) is 84.4 Å². The van der Waals surface area contributed by atoms with Gasteiger partial charge in [0.05, 0.1) is 17.6 Å². The van der Waals surface area contributed by atoms with E-state index in [4.69, 9.17) is 11.6 Å². The number of amides is 1. The second kappa shape index (κ2) is 9.33. The number of aryl methyl sites for hydroxylation is 1. The zero-order valence-corrected chi connectivity index (χ0v) is 19.2. The van der Waals surface area contributed by atoms with Crippen LogP contribution in [0.2, 0.25) is 5.02 Å². The van der Waals surface area contributed by atoms with Gasteiger partial charge in [0.1, 0.15) is 0 Å². The fraction of sp³-hybridized carbons (Fsp3) is 0.0357. The lowest BCUT2D eigenvalue weighted by molar-refractivity contribution is 0.0949. The summed E-state index contributed by atoms with van der Waals surface area (Å²) < 4.78 is 1.83.